The SMILES string of the molecule is Cc1ccc(C(=O)C2CC2c2ccc(C(C)C)cc2)cc1. The van der Waals surface area contributed by atoms with Gasteiger partial charge in [-0.3, -0.25) is 4.79 Å². The third kappa shape index (κ3) is 2.92. The van der Waals surface area contributed by atoms with Gasteiger partial charge in [0, 0.05) is 11.5 Å². The molecular weight excluding hydrogens is 256 g/mol. The van der Waals surface area contributed by atoms with Crippen molar-refractivity contribution in [2.24, 2.45) is 5.92 Å². The molecule has 1 heteroatoms. The molecule has 2 unspecified atom stereocenters. The second-order valence-corrected chi connectivity index (χ2v) is 6.50. The third-order valence-corrected chi connectivity index (χ3v) is 4.49. The van der Waals surface area contributed by atoms with Crippen LogP contribution in [0.15, 0.2) is 48.5 Å². The topological polar surface area (TPSA) is 17.1 Å². The van der Waals surface area contributed by atoms with Crippen molar-refractivity contribution >= 4 is 5.78 Å². The van der Waals surface area contributed by atoms with Crippen molar-refractivity contribution in [1.82, 2.24) is 0 Å². The van der Waals surface area contributed by atoms with Crippen LogP contribution in [0.2, 0.25) is 0 Å². The average molecular weight is 278 g/mol. The molecule has 3 rings (SSSR count). The minimum absolute atomic E-state index is 0.178. The van der Waals surface area contributed by atoms with E-state index in [0.29, 0.717) is 17.6 Å². The Hall–Kier alpha value is -1.89. The second-order valence-electron chi connectivity index (χ2n) is 6.50. The molecule has 1 aliphatic rings. The smallest absolute Gasteiger partial charge is 0.166 e. The number of aryl methyl sites for hydroxylation is 1. The van der Waals surface area contributed by atoms with Gasteiger partial charge in [0.05, 0.1) is 0 Å². The predicted molar refractivity (Wildman–Crippen MR) is 86.9 cm³/mol. The van der Waals surface area contributed by atoms with Crippen molar-refractivity contribution in [1.29, 1.82) is 0 Å². The highest BCUT2D eigenvalue weighted by atomic mass is 16.1. The van der Waals surface area contributed by atoms with E-state index in [9.17, 15) is 4.79 Å². The molecule has 1 saturated carbocycles. The Labute approximate surface area is 127 Å². The lowest BCUT2D eigenvalue weighted by Crippen LogP contribution is -2.03. The molecule has 1 nitrogen and oxygen atoms in total. The van der Waals surface area contributed by atoms with Crippen molar-refractivity contribution in [3.05, 3.63) is 70.8 Å². The first-order valence-electron chi connectivity index (χ1n) is 7.77. The summed E-state index contributed by atoms with van der Waals surface area (Å²) in [7, 11) is 0. The van der Waals surface area contributed by atoms with E-state index in [2.05, 4.69) is 38.1 Å². The molecule has 0 radical (unpaired) electrons. The zero-order chi connectivity index (χ0) is 15.0. The second kappa shape index (κ2) is 5.48. The summed E-state index contributed by atoms with van der Waals surface area (Å²) in [6.07, 6.45) is 0.994. The number of ketones is 1. The van der Waals surface area contributed by atoms with Gasteiger partial charge in [0.1, 0.15) is 0 Å². The van der Waals surface area contributed by atoms with Crippen molar-refractivity contribution in [2.75, 3.05) is 0 Å². The Morgan fingerprint density at radius 2 is 1.62 bits per heavy atom. The molecule has 2 atom stereocenters. The molecule has 108 valence electrons. The van der Waals surface area contributed by atoms with Crippen molar-refractivity contribution in [3.63, 3.8) is 0 Å². The van der Waals surface area contributed by atoms with Crippen LogP contribution >= 0.6 is 0 Å². The Bertz CT molecular complexity index is 635. The largest absolute Gasteiger partial charge is 0.294 e. The van der Waals surface area contributed by atoms with Crippen LogP contribution in [0, 0.1) is 12.8 Å². The van der Waals surface area contributed by atoms with Crippen LogP contribution in [0.25, 0.3) is 0 Å². The summed E-state index contributed by atoms with van der Waals surface area (Å²) in [5.41, 5.74) is 4.72. The fraction of sp³-hybridized carbons (Fsp3) is 0.350. The molecule has 0 N–H and O–H groups in total. The summed E-state index contributed by atoms with van der Waals surface area (Å²) in [6.45, 7) is 6.45. The molecule has 2 aromatic carbocycles. The Balaban J connectivity index is 1.71. The molecule has 0 aromatic heterocycles. The number of hydrogen-bond acceptors (Lipinski definition) is 1. The lowest BCUT2D eigenvalue weighted by atomic mass is 9.98. The fourth-order valence-corrected chi connectivity index (χ4v) is 2.91. The fourth-order valence-electron chi connectivity index (χ4n) is 2.91. The van der Waals surface area contributed by atoms with Crippen molar-refractivity contribution in [2.45, 2.75) is 39.0 Å². The molecule has 0 saturated heterocycles. The van der Waals surface area contributed by atoms with Gasteiger partial charge >= 0.3 is 0 Å². The van der Waals surface area contributed by atoms with Crippen molar-refractivity contribution in [3.8, 4) is 0 Å². The maximum absolute atomic E-state index is 12.5. The molecular formula is C20H22O. The minimum atomic E-state index is 0.178. The number of Topliss-reactive ketones (excluding diaryl/α,β-unsaturated/α-hetero) is 1. The average Bonchev–Trinajstić information content (AvgIpc) is 3.28. The molecule has 0 bridgehead atoms. The summed E-state index contributed by atoms with van der Waals surface area (Å²) in [4.78, 5) is 12.5. The maximum Gasteiger partial charge on any atom is 0.166 e. The standard InChI is InChI=1S/C20H22O/c1-13(2)15-8-10-16(11-9-15)18-12-19(18)20(21)17-6-4-14(3)5-7-17/h4-11,13,18-19H,12H2,1-3H3. The monoisotopic (exact) mass is 278 g/mol. The third-order valence-electron chi connectivity index (χ3n) is 4.49. The van der Waals surface area contributed by atoms with Crippen LogP contribution in [0.5, 0.6) is 0 Å². The first-order valence-corrected chi connectivity index (χ1v) is 7.77. The molecule has 0 aliphatic heterocycles. The highest BCUT2D eigenvalue weighted by Gasteiger charge is 2.43. The van der Waals surface area contributed by atoms with E-state index in [1.165, 1.54) is 16.7 Å². The zero-order valence-corrected chi connectivity index (χ0v) is 13.0. The van der Waals surface area contributed by atoms with Crippen LogP contribution in [0.4, 0.5) is 0 Å². The summed E-state index contributed by atoms with van der Waals surface area (Å²) in [6, 6.07) is 16.7. The van der Waals surface area contributed by atoms with Crippen LogP contribution in [-0.2, 0) is 0 Å². The van der Waals surface area contributed by atoms with E-state index >= 15 is 0 Å². The lowest BCUT2D eigenvalue weighted by Gasteiger charge is -2.07. The van der Waals surface area contributed by atoms with E-state index in [1.807, 2.05) is 31.2 Å². The zero-order valence-electron chi connectivity index (χ0n) is 13.0. The van der Waals surface area contributed by atoms with Crippen LogP contribution < -0.4 is 0 Å². The minimum Gasteiger partial charge on any atom is -0.294 e. The quantitative estimate of drug-likeness (QED) is 0.711. The van der Waals surface area contributed by atoms with Gasteiger partial charge in [-0.2, -0.15) is 0 Å². The van der Waals surface area contributed by atoms with Gasteiger partial charge < -0.3 is 0 Å². The van der Waals surface area contributed by atoms with Crippen LogP contribution in [0.3, 0.4) is 0 Å². The molecule has 0 heterocycles. The number of hydrogen-bond donors (Lipinski definition) is 0. The van der Waals surface area contributed by atoms with E-state index < -0.39 is 0 Å². The van der Waals surface area contributed by atoms with Gasteiger partial charge in [-0.15, -0.1) is 0 Å². The normalized spacial score (nSPS) is 20.6. The molecule has 21 heavy (non-hydrogen) atoms. The van der Waals surface area contributed by atoms with Gasteiger partial charge in [0.2, 0.25) is 0 Å². The number of rotatable bonds is 4. The maximum atomic E-state index is 12.5. The number of carbonyl (C=O) groups is 1. The number of carbonyl (C=O) groups excluding carboxylic acids is 1. The first kappa shape index (κ1) is 14.1. The lowest BCUT2D eigenvalue weighted by molar-refractivity contribution is 0.0965. The van der Waals surface area contributed by atoms with Crippen LogP contribution in [0.1, 0.15) is 59.2 Å². The molecule has 0 amide bonds. The Kier molecular flexibility index (Phi) is 3.67. The van der Waals surface area contributed by atoms with E-state index in [0.717, 1.165) is 12.0 Å². The summed E-state index contributed by atoms with van der Waals surface area (Å²) < 4.78 is 0. The molecule has 2 aromatic rings. The van der Waals surface area contributed by atoms with Gasteiger partial charge in [-0.05, 0) is 36.3 Å². The molecule has 1 fully saturated rings. The van der Waals surface area contributed by atoms with Gasteiger partial charge in [-0.25, -0.2) is 0 Å². The van der Waals surface area contributed by atoms with E-state index in [4.69, 9.17) is 0 Å². The Morgan fingerprint density at radius 3 is 2.19 bits per heavy atom. The van der Waals surface area contributed by atoms with E-state index in [-0.39, 0.29) is 5.92 Å². The predicted octanol–water partition coefficient (Wildman–Crippen LogP) is 5.10. The van der Waals surface area contributed by atoms with Gasteiger partial charge in [0.25, 0.3) is 0 Å². The number of benzene rings is 2. The Morgan fingerprint density at radius 1 is 1.00 bits per heavy atom. The highest BCUT2D eigenvalue weighted by molar-refractivity contribution is 6.00. The first-order chi connectivity index (χ1) is 10.1. The summed E-state index contributed by atoms with van der Waals surface area (Å²) >= 11 is 0. The summed E-state index contributed by atoms with van der Waals surface area (Å²) in [5.74, 6) is 1.45. The summed E-state index contributed by atoms with van der Waals surface area (Å²) in [5, 5.41) is 0. The van der Waals surface area contributed by atoms with Crippen LogP contribution in [-0.4, -0.2) is 5.78 Å². The van der Waals surface area contributed by atoms with Gasteiger partial charge in [0.15, 0.2) is 5.78 Å². The molecule has 1 aliphatic carbocycles. The van der Waals surface area contributed by atoms with Crippen molar-refractivity contribution < 1.29 is 4.79 Å². The molecule has 0 spiro atoms. The van der Waals surface area contributed by atoms with E-state index in [1.54, 1.807) is 0 Å². The van der Waals surface area contributed by atoms with Gasteiger partial charge in [-0.1, -0.05) is 67.9 Å². The highest BCUT2D eigenvalue weighted by Crippen LogP contribution is 2.49.